The molecule has 0 spiro atoms. The lowest BCUT2D eigenvalue weighted by molar-refractivity contribution is 0.0901. The number of amides is 1. The summed E-state index contributed by atoms with van der Waals surface area (Å²) >= 11 is 1.58. The van der Waals surface area contributed by atoms with Gasteiger partial charge in [-0.15, -0.1) is 36.2 Å². The molecule has 1 amide bonds. The third kappa shape index (κ3) is 4.83. The fourth-order valence-electron chi connectivity index (χ4n) is 2.10. The fourth-order valence-corrected chi connectivity index (χ4v) is 3.09. The fraction of sp³-hybridized carbons (Fsp3) is 0.375. The van der Waals surface area contributed by atoms with Gasteiger partial charge in [0.15, 0.2) is 0 Å². The van der Waals surface area contributed by atoms with Crippen molar-refractivity contribution in [3.05, 3.63) is 45.4 Å². The number of carbonyl (C=O) groups excluding carboxylic acids is 1. The number of anilines is 1. The quantitative estimate of drug-likeness (QED) is 0.785. The second kappa shape index (κ2) is 8.52. The number of nitrogen functional groups attached to an aromatic ring is 1. The van der Waals surface area contributed by atoms with Gasteiger partial charge in [-0.3, -0.25) is 4.79 Å². The SMILES string of the molecule is CCC(C)(NC(=O)c1cc(N)ccc1C)c1nc(C)cs1.Cl.Cl. The third-order valence-corrected chi connectivity index (χ3v) is 4.92. The van der Waals surface area contributed by atoms with E-state index in [1.807, 2.05) is 39.1 Å². The molecule has 0 radical (unpaired) electrons. The van der Waals surface area contributed by atoms with Crippen LogP contribution in [0.4, 0.5) is 5.69 Å². The lowest BCUT2D eigenvalue weighted by atomic mass is 9.98. The van der Waals surface area contributed by atoms with Crippen molar-refractivity contribution in [1.82, 2.24) is 10.3 Å². The van der Waals surface area contributed by atoms with Crippen LogP contribution < -0.4 is 11.1 Å². The second-order valence-corrected chi connectivity index (χ2v) is 6.37. The Hall–Kier alpha value is -1.30. The summed E-state index contributed by atoms with van der Waals surface area (Å²) in [6.07, 6.45) is 0.771. The van der Waals surface area contributed by atoms with Crippen LogP contribution in [0.25, 0.3) is 0 Å². The molecule has 1 aromatic carbocycles. The molecule has 0 aliphatic heterocycles. The predicted octanol–water partition coefficient (Wildman–Crippen LogP) is 4.24. The molecule has 4 nitrogen and oxygen atoms in total. The molecule has 0 fully saturated rings. The number of nitrogens with one attached hydrogen (secondary N) is 1. The standard InChI is InChI=1S/C16H21N3OS.2ClH/c1-5-16(4,15-18-11(3)9-21-15)19-14(20)13-8-12(17)7-6-10(13)2;;/h6-9H,5,17H2,1-4H3,(H,19,20);2*1H. The largest absolute Gasteiger partial charge is 0.399 e. The summed E-state index contributed by atoms with van der Waals surface area (Å²) in [7, 11) is 0. The minimum atomic E-state index is -0.465. The molecule has 0 aliphatic rings. The van der Waals surface area contributed by atoms with E-state index in [1.54, 1.807) is 23.5 Å². The Balaban J connectivity index is 0.00000242. The number of hydrogen-bond donors (Lipinski definition) is 2. The van der Waals surface area contributed by atoms with Gasteiger partial charge in [-0.05, 0) is 44.9 Å². The molecule has 1 atom stereocenters. The number of nitrogens with zero attached hydrogens (tertiary/aromatic N) is 1. The number of halogens is 2. The van der Waals surface area contributed by atoms with E-state index in [-0.39, 0.29) is 30.7 Å². The first-order valence-electron chi connectivity index (χ1n) is 6.97. The zero-order valence-corrected chi connectivity index (χ0v) is 16.1. The lowest BCUT2D eigenvalue weighted by Gasteiger charge is -2.27. The average molecular weight is 376 g/mol. The number of nitrogens with two attached hydrogens (primary N) is 1. The van der Waals surface area contributed by atoms with Gasteiger partial charge in [-0.1, -0.05) is 13.0 Å². The van der Waals surface area contributed by atoms with Gasteiger partial charge in [0, 0.05) is 22.3 Å². The molecular formula is C16H23Cl2N3OS. The molecule has 0 saturated heterocycles. The van der Waals surface area contributed by atoms with Crippen LogP contribution >= 0.6 is 36.2 Å². The first-order valence-corrected chi connectivity index (χ1v) is 7.85. The summed E-state index contributed by atoms with van der Waals surface area (Å²) in [5.41, 5.74) is 8.41. The molecule has 128 valence electrons. The van der Waals surface area contributed by atoms with Gasteiger partial charge in [0.05, 0.1) is 5.54 Å². The third-order valence-electron chi connectivity index (χ3n) is 3.69. The Morgan fingerprint density at radius 1 is 1.35 bits per heavy atom. The molecule has 23 heavy (non-hydrogen) atoms. The molecule has 2 rings (SSSR count). The van der Waals surface area contributed by atoms with Crippen molar-refractivity contribution in [1.29, 1.82) is 0 Å². The minimum Gasteiger partial charge on any atom is -0.399 e. The maximum atomic E-state index is 12.6. The summed E-state index contributed by atoms with van der Waals surface area (Å²) < 4.78 is 0. The van der Waals surface area contributed by atoms with Crippen LogP contribution in [-0.4, -0.2) is 10.9 Å². The first kappa shape index (κ1) is 21.7. The molecule has 2 aromatic rings. The van der Waals surface area contributed by atoms with Crippen molar-refractivity contribution < 1.29 is 4.79 Å². The van der Waals surface area contributed by atoms with Crippen molar-refractivity contribution >= 4 is 47.7 Å². The highest BCUT2D eigenvalue weighted by molar-refractivity contribution is 7.09. The molecule has 0 bridgehead atoms. The van der Waals surface area contributed by atoms with Crippen LogP contribution in [-0.2, 0) is 5.54 Å². The molecule has 3 N–H and O–H groups in total. The Labute approximate surface area is 153 Å². The van der Waals surface area contributed by atoms with Gasteiger partial charge >= 0.3 is 0 Å². The van der Waals surface area contributed by atoms with Crippen LogP contribution in [0, 0.1) is 13.8 Å². The van der Waals surface area contributed by atoms with Crippen molar-refractivity contribution in [2.45, 2.75) is 39.7 Å². The summed E-state index contributed by atoms with van der Waals surface area (Å²) in [5.74, 6) is -0.114. The topological polar surface area (TPSA) is 68.0 Å². The van der Waals surface area contributed by atoms with E-state index in [0.29, 0.717) is 11.3 Å². The van der Waals surface area contributed by atoms with E-state index in [2.05, 4.69) is 10.3 Å². The Morgan fingerprint density at radius 3 is 2.52 bits per heavy atom. The van der Waals surface area contributed by atoms with E-state index >= 15 is 0 Å². The Kier molecular flexibility index (Phi) is 8.04. The minimum absolute atomic E-state index is 0. The normalized spacial score (nSPS) is 12.5. The molecule has 1 unspecified atom stereocenters. The van der Waals surface area contributed by atoms with E-state index in [9.17, 15) is 4.79 Å². The van der Waals surface area contributed by atoms with Gasteiger partial charge in [0.25, 0.3) is 5.91 Å². The lowest BCUT2D eigenvalue weighted by Crippen LogP contribution is -2.43. The van der Waals surface area contributed by atoms with Crippen molar-refractivity contribution in [2.24, 2.45) is 0 Å². The number of aromatic nitrogens is 1. The van der Waals surface area contributed by atoms with Gasteiger partial charge in [0.1, 0.15) is 5.01 Å². The molecule has 1 heterocycles. The van der Waals surface area contributed by atoms with Crippen LogP contribution in [0.2, 0.25) is 0 Å². The van der Waals surface area contributed by atoms with Crippen molar-refractivity contribution in [3.63, 3.8) is 0 Å². The number of rotatable bonds is 4. The predicted molar refractivity (Wildman–Crippen MR) is 102 cm³/mol. The highest BCUT2D eigenvalue weighted by Gasteiger charge is 2.30. The van der Waals surface area contributed by atoms with Gasteiger partial charge in [-0.2, -0.15) is 0 Å². The maximum absolute atomic E-state index is 12.6. The van der Waals surface area contributed by atoms with Gasteiger partial charge in [0.2, 0.25) is 0 Å². The van der Waals surface area contributed by atoms with E-state index < -0.39 is 5.54 Å². The van der Waals surface area contributed by atoms with Crippen molar-refractivity contribution in [2.75, 3.05) is 5.73 Å². The van der Waals surface area contributed by atoms with Crippen molar-refractivity contribution in [3.8, 4) is 0 Å². The zero-order valence-electron chi connectivity index (χ0n) is 13.7. The Bertz CT molecular complexity index is 675. The second-order valence-electron chi connectivity index (χ2n) is 5.51. The van der Waals surface area contributed by atoms with Crippen LogP contribution in [0.15, 0.2) is 23.6 Å². The monoisotopic (exact) mass is 375 g/mol. The number of thiazole rings is 1. The summed E-state index contributed by atoms with van der Waals surface area (Å²) in [6, 6.07) is 5.38. The van der Waals surface area contributed by atoms with Gasteiger partial charge < -0.3 is 11.1 Å². The zero-order chi connectivity index (χ0) is 15.6. The number of carbonyl (C=O) groups is 1. The number of hydrogen-bond acceptors (Lipinski definition) is 4. The summed E-state index contributed by atoms with van der Waals surface area (Å²) in [5, 5.41) is 6.04. The Morgan fingerprint density at radius 2 is 2.00 bits per heavy atom. The van der Waals surface area contributed by atoms with Crippen LogP contribution in [0.3, 0.4) is 0 Å². The summed E-state index contributed by atoms with van der Waals surface area (Å²) in [4.78, 5) is 17.1. The highest BCUT2D eigenvalue weighted by atomic mass is 35.5. The average Bonchev–Trinajstić information content (AvgIpc) is 2.88. The maximum Gasteiger partial charge on any atom is 0.252 e. The van der Waals surface area contributed by atoms with Crippen LogP contribution in [0.1, 0.15) is 46.9 Å². The molecule has 1 aromatic heterocycles. The number of benzene rings is 1. The number of aryl methyl sites for hydroxylation is 2. The highest BCUT2D eigenvalue weighted by Crippen LogP contribution is 2.28. The van der Waals surface area contributed by atoms with E-state index in [1.165, 1.54) is 0 Å². The van der Waals surface area contributed by atoms with Gasteiger partial charge in [-0.25, -0.2) is 4.98 Å². The first-order chi connectivity index (χ1) is 9.85. The summed E-state index contributed by atoms with van der Waals surface area (Å²) in [6.45, 7) is 7.92. The molecule has 7 heteroatoms. The molecular weight excluding hydrogens is 353 g/mol. The smallest absolute Gasteiger partial charge is 0.252 e. The van der Waals surface area contributed by atoms with Crippen LogP contribution in [0.5, 0.6) is 0 Å². The molecule has 0 saturated carbocycles. The van der Waals surface area contributed by atoms with E-state index in [0.717, 1.165) is 22.7 Å². The molecule has 0 aliphatic carbocycles. The van der Waals surface area contributed by atoms with E-state index in [4.69, 9.17) is 5.73 Å².